The van der Waals surface area contributed by atoms with E-state index >= 15 is 0 Å². The van der Waals surface area contributed by atoms with Gasteiger partial charge in [-0.1, -0.05) is 30.3 Å². The lowest BCUT2D eigenvalue weighted by Gasteiger charge is -2.07. The summed E-state index contributed by atoms with van der Waals surface area (Å²) in [5.41, 5.74) is 8.30. The largest absolute Gasteiger partial charge is 0.365 e. The molecule has 3 aromatic rings. The van der Waals surface area contributed by atoms with Crippen LogP contribution in [0.4, 0.5) is 0 Å². The highest BCUT2D eigenvalue weighted by Gasteiger charge is 2.21. The summed E-state index contributed by atoms with van der Waals surface area (Å²) in [6.45, 7) is 0. The molecule has 2 heterocycles. The SMILES string of the molecule is CSc1cc(-c2ccccc2)n2nc(SC)c(C(N)=O)c2n1. The number of thioether (sulfide) groups is 2. The lowest BCUT2D eigenvalue weighted by molar-refractivity contribution is 0.0999. The van der Waals surface area contributed by atoms with Crippen LogP contribution in [0.25, 0.3) is 16.9 Å². The second-order valence-electron chi connectivity index (χ2n) is 4.53. The molecular weight excluding hydrogens is 316 g/mol. The zero-order chi connectivity index (χ0) is 15.7. The number of carbonyl (C=O) groups excluding carboxylic acids is 1. The van der Waals surface area contributed by atoms with Gasteiger partial charge in [-0.15, -0.1) is 23.5 Å². The van der Waals surface area contributed by atoms with Gasteiger partial charge >= 0.3 is 0 Å². The molecule has 2 aromatic heterocycles. The van der Waals surface area contributed by atoms with Gasteiger partial charge in [-0.05, 0) is 18.6 Å². The summed E-state index contributed by atoms with van der Waals surface area (Å²) >= 11 is 2.91. The number of aromatic nitrogens is 3. The van der Waals surface area contributed by atoms with Crippen LogP contribution in [0, 0.1) is 0 Å². The van der Waals surface area contributed by atoms with Gasteiger partial charge in [0.2, 0.25) is 0 Å². The zero-order valence-corrected chi connectivity index (χ0v) is 13.7. The molecule has 0 aliphatic heterocycles. The van der Waals surface area contributed by atoms with Gasteiger partial charge in [0.25, 0.3) is 5.91 Å². The van der Waals surface area contributed by atoms with E-state index in [1.165, 1.54) is 23.5 Å². The van der Waals surface area contributed by atoms with E-state index in [-0.39, 0.29) is 0 Å². The maximum Gasteiger partial charge on any atom is 0.255 e. The highest BCUT2D eigenvalue weighted by Crippen LogP contribution is 2.29. The van der Waals surface area contributed by atoms with Crippen molar-refractivity contribution in [2.45, 2.75) is 10.1 Å². The van der Waals surface area contributed by atoms with Crippen LogP contribution in [0.1, 0.15) is 10.4 Å². The third kappa shape index (κ3) is 2.46. The highest BCUT2D eigenvalue weighted by atomic mass is 32.2. The van der Waals surface area contributed by atoms with Crippen LogP contribution in [-0.2, 0) is 0 Å². The van der Waals surface area contributed by atoms with Crippen LogP contribution < -0.4 is 5.73 Å². The Balaban J connectivity index is 2.40. The predicted octanol–water partition coefficient (Wildman–Crippen LogP) is 2.94. The van der Waals surface area contributed by atoms with E-state index in [1.54, 1.807) is 4.52 Å². The van der Waals surface area contributed by atoms with Crippen LogP contribution >= 0.6 is 23.5 Å². The smallest absolute Gasteiger partial charge is 0.255 e. The molecule has 0 saturated carbocycles. The lowest BCUT2D eigenvalue weighted by Crippen LogP contribution is -2.12. The topological polar surface area (TPSA) is 73.3 Å². The number of amides is 1. The van der Waals surface area contributed by atoms with Crippen molar-refractivity contribution in [2.24, 2.45) is 5.73 Å². The van der Waals surface area contributed by atoms with Crippen LogP contribution in [0.3, 0.4) is 0 Å². The van der Waals surface area contributed by atoms with Gasteiger partial charge < -0.3 is 5.73 Å². The molecule has 2 N–H and O–H groups in total. The first-order valence-corrected chi connectivity index (χ1v) is 8.97. The van der Waals surface area contributed by atoms with Crippen molar-refractivity contribution in [3.8, 4) is 11.3 Å². The van der Waals surface area contributed by atoms with Crippen LogP contribution in [0.2, 0.25) is 0 Å². The Kier molecular flexibility index (Phi) is 4.08. The first-order valence-electron chi connectivity index (χ1n) is 6.52. The van der Waals surface area contributed by atoms with Crippen molar-refractivity contribution in [2.75, 3.05) is 12.5 Å². The van der Waals surface area contributed by atoms with Crippen molar-refractivity contribution >= 4 is 35.1 Å². The van der Waals surface area contributed by atoms with Crippen LogP contribution in [0.5, 0.6) is 0 Å². The van der Waals surface area contributed by atoms with Gasteiger partial charge in [0.05, 0.1) is 5.69 Å². The van der Waals surface area contributed by atoms with Crippen molar-refractivity contribution in [1.82, 2.24) is 14.6 Å². The van der Waals surface area contributed by atoms with Gasteiger partial charge in [0.15, 0.2) is 5.65 Å². The fourth-order valence-corrected chi connectivity index (χ4v) is 3.22. The Bertz CT molecular complexity index is 846. The summed E-state index contributed by atoms with van der Waals surface area (Å²) in [5.74, 6) is -0.510. The molecule has 5 nitrogen and oxygen atoms in total. The average Bonchev–Trinajstić information content (AvgIpc) is 2.93. The summed E-state index contributed by atoms with van der Waals surface area (Å²) in [7, 11) is 0. The van der Waals surface area contributed by atoms with Gasteiger partial charge in [-0.2, -0.15) is 5.10 Å². The van der Waals surface area contributed by atoms with E-state index < -0.39 is 5.91 Å². The molecule has 7 heteroatoms. The van der Waals surface area contributed by atoms with E-state index in [9.17, 15) is 4.79 Å². The summed E-state index contributed by atoms with van der Waals surface area (Å²) in [4.78, 5) is 16.3. The van der Waals surface area contributed by atoms with E-state index in [2.05, 4.69) is 10.1 Å². The Morgan fingerprint density at radius 1 is 1.18 bits per heavy atom. The van der Waals surface area contributed by atoms with Gasteiger partial charge in [0, 0.05) is 5.56 Å². The maximum absolute atomic E-state index is 11.8. The van der Waals surface area contributed by atoms with Crippen molar-refractivity contribution in [3.63, 3.8) is 0 Å². The normalized spacial score (nSPS) is 11.0. The number of hydrogen-bond acceptors (Lipinski definition) is 5. The first kappa shape index (κ1) is 14.9. The molecule has 0 aliphatic rings. The van der Waals surface area contributed by atoms with Crippen molar-refractivity contribution in [1.29, 1.82) is 0 Å². The van der Waals surface area contributed by atoms with Gasteiger partial charge in [-0.3, -0.25) is 4.79 Å². The Morgan fingerprint density at radius 3 is 2.50 bits per heavy atom. The van der Waals surface area contributed by atoms with E-state index in [4.69, 9.17) is 5.73 Å². The first-order chi connectivity index (χ1) is 10.7. The second kappa shape index (κ2) is 6.02. The minimum Gasteiger partial charge on any atom is -0.365 e. The van der Waals surface area contributed by atoms with Crippen molar-refractivity contribution in [3.05, 3.63) is 42.0 Å². The number of fused-ring (bicyclic) bond motifs is 1. The molecule has 3 rings (SSSR count). The third-order valence-electron chi connectivity index (χ3n) is 3.25. The summed E-state index contributed by atoms with van der Waals surface area (Å²) in [6.07, 6.45) is 3.81. The number of nitrogens with two attached hydrogens (primary N) is 1. The molecule has 112 valence electrons. The van der Waals surface area contributed by atoms with E-state index in [0.717, 1.165) is 16.3 Å². The van der Waals surface area contributed by atoms with E-state index in [1.807, 2.05) is 48.9 Å². The lowest BCUT2D eigenvalue weighted by atomic mass is 10.1. The average molecular weight is 330 g/mol. The molecule has 0 spiro atoms. The summed E-state index contributed by atoms with van der Waals surface area (Å²) < 4.78 is 1.70. The summed E-state index contributed by atoms with van der Waals surface area (Å²) in [6, 6.07) is 11.9. The Morgan fingerprint density at radius 2 is 1.91 bits per heavy atom. The predicted molar refractivity (Wildman–Crippen MR) is 90.5 cm³/mol. The third-order valence-corrected chi connectivity index (χ3v) is 4.55. The highest BCUT2D eigenvalue weighted by molar-refractivity contribution is 7.98. The van der Waals surface area contributed by atoms with Gasteiger partial charge in [-0.25, -0.2) is 9.50 Å². The molecule has 0 fully saturated rings. The second-order valence-corrected chi connectivity index (χ2v) is 6.16. The molecule has 22 heavy (non-hydrogen) atoms. The number of carbonyl (C=O) groups is 1. The summed E-state index contributed by atoms with van der Waals surface area (Å²) in [5, 5.41) is 5.92. The van der Waals surface area contributed by atoms with Crippen molar-refractivity contribution < 1.29 is 4.79 Å². The molecule has 0 unspecified atom stereocenters. The molecule has 0 saturated heterocycles. The molecule has 0 atom stereocenters. The monoisotopic (exact) mass is 330 g/mol. The maximum atomic E-state index is 11.8. The number of hydrogen-bond donors (Lipinski definition) is 1. The molecule has 0 aliphatic carbocycles. The van der Waals surface area contributed by atoms with E-state index in [0.29, 0.717) is 16.2 Å². The number of benzene rings is 1. The molecular formula is C15H14N4OS2. The number of primary amides is 1. The molecule has 1 amide bonds. The van der Waals surface area contributed by atoms with Crippen LogP contribution in [0.15, 0.2) is 46.5 Å². The van der Waals surface area contributed by atoms with Gasteiger partial charge in [0.1, 0.15) is 15.6 Å². The molecule has 1 aromatic carbocycles. The number of nitrogens with zero attached hydrogens (tertiary/aromatic N) is 3. The minimum atomic E-state index is -0.510. The minimum absolute atomic E-state index is 0.376. The molecule has 0 bridgehead atoms. The quantitative estimate of drug-likeness (QED) is 0.588. The van der Waals surface area contributed by atoms with Crippen LogP contribution in [-0.4, -0.2) is 33.0 Å². The Labute approximate surface area is 136 Å². The Hall–Kier alpha value is -1.99. The standard InChI is InChI=1S/C15H14N4OS2/c1-21-11-8-10(9-6-4-3-5-7-9)19-14(17-11)12(13(16)20)15(18-19)22-2/h3-8H,1-2H3,(H2,16,20). The fraction of sp³-hybridized carbons (Fsp3) is 0.133. The number of rotatable bonds is 4. The molecule has 0 radical (unpaired) electrons. The zero-order valence-electron chi connectivity index (χ0n) is 12.1. The fourth-order valence-electron chi connectivity index (χ4n) is 2.25.